The Hall–Kier alpha value is -0.910. The molecule has 0 bridgehead atoms. The van der Waals surface area contributed by atoms with Crippen LogP contribution in [-0.4, -0.2) is 36.0 Å². The highest BCUT2D eigenvalue weighted by Gasteiger charge is 2.21. The molecular formula is C13H17BrO4. The van der Waals surface area contributed by atoms with Crippen LogP contribution >= 0.6 is 15.9 Å². The van der Waals surface area contributed by atoms with E-state index in [9.17, 15) is 9.90 Å². The Morgan fingerprint density at radius 3 is 2.78 bits per heavy atom. The number of carboxylic acids is 1. The molecule has 0 aliphatic rings. The van der Waals surface area contributed by atoms with Crippen molar-refractivity contribution in [2.24, 2.45) is 5.92 Å². The topological polar surface area (TPSA) is 66.8 Å². The number of halogens is 1. The van der Waals surface area contributed by atoms with Gasteiger partial charge in [-0.2, -0.15) is 0 Å². The van der Waals surface area contributed by atoms with Crippen LogP contribution < -0.4 is 0 Å². The van der Waals surface area contributed by atoms with Crippen molar-refractivity contribution in [1.29, 1.82) is 0 Å². The fraction of sp³-hybridized carbons (Fsp3) is 0.462. The highest BCUT2D eigenvalue weighted by molar-refractivity contribution is 9.10. The molecule has 100 valence electrons. The van der Waals surface area contributed by atoms with Gasteiger partial charge >= 0.3 is 5.97 Å². The van der Waals surface area contributed by atoms with Crippen LogP contribution in [0, 0.1) is 5.92 Å². The zero-order valence-electron chi connectivity index (χ0n) is 10.2. The first-order valence-corrected chi connectivity index (χ1v) is 6.46. The Morgan fingerprint density at radius 2 is 2.22 bits per heavy atom. The minimum atomic E-state index is -0.898. The van der Waals surface area contributed by atoms with E-state index in [1.807, 2.05) is 24.3 Å². The van der Waals surface area contributed by atoms with Crippen LogP contribution in [0.15, 0.2) is 28.7 Å². The molecule has 2 atom stereocenters. The number of rotatable bonds is 7. The van der Waals surface area contributed by atoms with E-state index in [0.717, 1.165) is 10.0 Å². The summed E-state index contributed by atoms with van der Waals surface area (Å²) in [6.07, 6.45) is -0.158. The van der Waals surface area contributed by atoms with E-state index >= 15 is 0 Å². The zero-order chi connectivity index (χ0) is 13.5. The minimum Gasteiger partial charge on any atom is -0.481 e. The molecule has 0 amide bonds. The normalized spacial score (nSPS) is 14.2. The molecule has 0 saturated carbocycles. The van der Waals surface area contributed by atoms with E-state index in [2.05, 4.69) is 15.9 Å². The molecule has 0 radical (unpaired) electrons. The second-order valence-electron chi connectivity index (χ2n) is 4.21. The van der Waals surface area contributed by atoms with Gasteiger partial charge in [0.05, 0.1) is 18.6 Å². The average Bonchev–Trinajstić information content (AvgIpc) is 2.28. The van der Waals surface area contributed by atoms with Gasteiger partial charge in [-0.25, -0.2) is 0 Å². The molecule has 4 nitrogen and oxygen atoms in total. The highest BCUT2D eigenvalue weighted by Crippen LogP contribution is 2.18. The van der Waals surface area contributed by atoms with Crippen molar-refractivity contribution in [2.45, 2.75) is 18.9 Å². The molecule has 1 aromatic carbocycles. The third-order valence-corrected chi connectivity index (χ3v) is 3.13. The predicted octanol–water partition coefficient (Wildman–Crippen LogP) is 2.09. The van der Waals surface area contributed by atoms with E-state index in [0.29, 0.717) is 6.42 Å². The predicted molar refractivity (Wildman–Crippen MR) is 71.5 cm³/mol. The second-order valence-corrected chi connectivity index (χ2v) is 5.13. The summed E-state index contributed by atoms with van der Waals surface area (Å²) in [5.41, 5.74) is 0.932. The molecule has 1 aromatic rings. The van der Waals surface area contributed by atoms with Gasteiger partial charge in [-0.1, -0.05) is 28.1 Å². The van der Waals surface area contributed by atoms with Crippen molar-refractivity contribution in [3.63, 3.8) is 0 Å². The van der Waals surface area contributed by atoms with Gasteiger partial charge in [-0.15, -0.1) is 0 Å². The largest absolute Gasteiger partial charge is 0.481 e. The molecule has 2 unspecified atom stereocenters. The Balaban J connectivity index is 2.66. The van der Waals surface area contributed by atoms with Crippen molar-refractivity contribution in [3.05, 3.63) is 34.3 Å². The van der Waals surface area contributed by atoms with Crippen molar-refractivity contribution >= 4 is 21.9 Å². The standard InChI is InChI=1S/C13H17BrO4/c1-18-8-12(15)7-10(13(16)17)5-9-3-2-4-11(14)6-9/h2-4,6,10,12,15H,5,7-8H2,1H3,(H,16,17). The van der Waals surface area contributed by atoms with Gasteiger partial charge in [0.25, 0.3) is 0 Å². The first-order valence-electron chi connectivity index (χ1n) is 5.67. The Morgan fingerprint density at radius 1 is 1.50 bits per heavy atom. The number of ether oxygens (including phenoxy) is 1. The summed E-state index contributed by atoms with van der Waals surface area (Å²) in [6.45, 7) is 0.155. The molecular weight excluding hydrogens is 300 g/mol. The molecule has 0 heterocycles. The summed E-state index contributed by atoms with van der Waals surface area (Å²) in [7, 11) is 1.48. The lowest BCUT2D eigenvalue weighted by atomic mass is 9.94. The Bertz CT molecular complexity index is 394. The van der Waals surface area contributed by atoms with E-state index in [4.69, 9.17) is 9.84 Å². The first kappa shape index (κ1) is 15.1. The summed E-state index contributed by atoms with van der Waals surface area (Å²) < 4.78 is 5.72. The smallest absolute Gasteiger partial charge is 0.306 e. The van der Waals surface area contributed by atoms with Crippen molar-refractivity contribution in [1.82, 2.24) is 0 Å². The lowest BCUT2D eigenvalue weighted by Crippen LogP contribution is -2.25. The zero-order valence-corrected chi connectivity index (χ0v) is 11.8. The van der Waals surface area contributed by atoms with Crippen molar-refractivity contribution in [2.75, 3.05) is 13.7 Å². The number of carbonyl (C=O) groups is 1. The summed E-state index contributed by atoms with van der Waals surface area (Å²) in [5, 5.41) is 18.8. The SMILES string of the molecule is COCC(O)CC(Cc1cccc(Br)c1)C(=O)O. The quantitative estimate of drug-likeness (QED) is 0.808. The third kappa shape index (κ3) is 5.16. The van der Waals surface area contributed by atoms with Gasteiger partial charge in [-0.3, -0.25) is 4.79 Å². The van der Waals surface area contributed by atoms with Gasteiger partial charge in [-0.05, 0) is 30.5 Å². The molecule has 0 saturated heterocycles. The number of aliphatic carboxylic acids is 1. The van der Waals surface area contributed by atoms with Crippen LogP contribution in [0.1, 0.15) is 12.0 Å². The van der Waals surface area contributed by atoms with Gasteiger partial charge in [0.1, 0.15) is 0 Å². The molecule has 2 N–H and O–H groups in total. The van der Waals surface area contributed by atoms with Crippen LogP contribution in [0.25, 0.3) is 0 Å². The van der Waals surface area contributed by atoms with Gasteiger partial charge < -0.3 is 14.9 Å². The van der Waals surface area contributed by atoms with E-state index < -0.39 is 18.0 Å². The molecule has 0 spiro atoms. The maximum Gasteiger partial charge on any atom is 0.306 e. The lowest BCUT2D eigenvalue weighted by Gasteiger charge is -2.16. The van der Waals surface area contributed by atoms with Crippen LogP contribution in [0.2, 0.25) is 0 Å². The summed E-state index contributed by atoms with van der Waals surface area (Å²) in [4.78, 5) is 11.2. The number of hydrogen-bond acceptors (Lipinski definition) is 3. The number of aliphatic hydroxyl groups is 1. The molecule has 5 heteroatoms. The van der Waals surface area contributed by atoms with Gasteiger partial charge in [0, 0.05) is 11.6 Å². The van der Waals surface area contributed by atoms with Crippen molar-refractivity contribution < 1.29 is 19.7 Å². The number of benzene rings is 1. The maximum absolute atomic E-state index is 11.2. The highest BCUT2D eigenvalue weighted by atomic mass is 79.9. The first-order chi connectivity index (χ1) is 8.52. The summed E-state index contributed by atoms with van der Waals surface area (Å²) in [6, 6.07) is 7.52. The second kappa shape index (κ2) is 7.51. The molecule has 0 aliphatic heterocycles. The fourth-order valence-electron chi connectivity index (χ4n) is 1.81. The monoisotopic (exact) mass is 316 g/mol. The van der Waals surface area contributed by atoms with Crippen LogP contribution in [0.5, 0.6) is 0 Å². The minimum absolute atomic E-state index is 0.155. The van der Waals surface area contributed by atoms with Gasteiger partial charge in [0.2, 0.25) is 0 Å². The molecule has 0 aliphatic carbocycles. The maximum atomic E-state index is 11.2. The summed E-state index contributed by atoms with van der Waals surface area (Å²) in [5.74, 6) is -1.51. The Kier molecular flexibility index (Phi) is 6.32. The van der Waals surface area contributed by atoms with E-state index in [1.54, 1.807) is 0 Å². The molecule has 1 rings (SSSR count). The number of aliphatic hydroxyl groups excluding tert-OH is 1. The van der Waals surface area contributed by atoms with E-state index in [1.165, 1.54) is 7.11 Å². The van der Waals surface area contributed by atoms with E-state index in [-0.39, 0.29) is 13.0 Å². The lowest BCUT2D eigenvalue weighted by molar-refractivity contribution is -0.143. The van der Waals surface area contributed by atoms with Crippen LogP contribution in [-0.2, 0) is 16.0 Å². The fourth-order valence-corrected chi connectivity index (χ4v) is 2.26. The number of hydrogen-bond donors (Lipinski definition) is 2. The molecule has 18 heavy (non-hydrogen) atoms. The van der Waals surface area contributed by atoms with Crippen LogP contribution in [0.3, 0.4) is 0 Å². The Labute approximate surface area is 115 Å². The number of methoxy groups -OCH3 is 1. The van der Waals surface area contributed by atoms with Crippen LogP contribution in [0.4, 0.5) is 0 Å². The average molecular weight is 317 g/mol. The molecule has 0 fully saturated rings. The van der Waals surface area contributed by atoms with Crippen molar-refractivity contribution in [3.8, 4) is 0 Å². The third-order valence-electron chi connectivity index (χ3n) is 2.64. The van der Waals surface area contributed by atoms with Gasteiger partial charge in [0.15, 0.2) is 0 Å². The number of carboxylic acid groups (broad SMARTS) is 1. The molecule has 0 aromatic heterocycles. The summed E-state index contributed by atoms with van der Waals surface area (Å²) >= 11 is 3.35.